The first kappa shape index (κ1) is 23.2. The summed E-state index contributed by atoms with van der Waals surface area (Å²) in [5.74, 6) is -2.55. The van der Waals surface area contributed by atoms with Crippen LogP contribution in [0, 0.1) is 17.6 Å². The highest BCUT2D eigenvalue weighted by atomic mass is 19.1. The van der Waals surface area contributed by atoms with E-state index in [9.17, 15) is 18.4 Å². The van der Waals surface area contributed by atoms with E-state index in [1.807, 2.05) is 6.08 Å². The zero-order valence-corrected chi connectivity index (χ0v) is 18.1. The van der Waals surface area contributed by atoms with Gasteiger partial charge >= 0.3 is 5.97 Å². The molecule has 6 nitrogen and oxygen atoms in total. The molecule has 1 aliphatic rings. The molecule has 2 aromatic carbocycles. The maximum atomic E-state index is 13.9. The van der Waals surface area contributed by atoms with Crippen LogP contribution in [0.15, 0.2) is 48.6 Å². The fraction of sp³-hybridized carbons (Fsp3) is 0.333. The van der Waals surface area contributed by atoms with Crippen molar-refractivity contribution < 1.29 is 32.6 Å². The average Bonchev–Trinajstić information content (AvgIpc) is 3.23. The van der Waals surface area contributed by atoms with Crippen molar-refractivity contribution in [2.45, 2.75) is 25.3 Å². The number of nitrogens with one attached hydrogen (secondary N) is 1. The summed E-state index contributed by atoms with van der Waals surface area (Å²) in [5.41, 5.74) is 0.308. The van der Waals surface area contributed by atoms with E-state index in [1.54, 1.807) is 31.2 Å². The van der Waals surface area contributed by atoms with Crippen LogP contribution in [-0.2, 0) is 9.53 Å². The molecule has 32 heavy (non-hydrogen) atoms. The number of halogens is 2. The summed E-state index contributed by atoms with van der Waals surface area (Å²) in [6, 6.07) is 7.47. The van der Waals surface area contributed by atoms with Crippen LogP contribution in [0.3, 0.4) is 0 Å². The second-order valence-electron chi connectivity index (χ2n) is 7.33. The Morgan fingerprint density at radius 3 is 2.50 bits per heavy atom. The van der Waals surface area contributed by atoms with Crippen LogP contribution < -0.4 is 14.8 Å². The van der Waals surface area contributed by atoms with E-state index in [2.05, 4.69) is 5.32 Å². The van der Waals surface area contributed by atoms with E-state index in [0.29, 0.717) is 23.5 Å². The summed E-state index contributed by atoms with van der Waals surface area (Å²) in [6.45, 7) is 1.95. The fourth-order valence-corrected chi connectivity index (χ4v) is 3.84. The molecule has 0 bridgehead atoms. The molecule has 1 amide bonds. The van der Waals surface area contributed by atoms with Crippen LogP contribution in [0.2, 0.25) is 0 Å². The maximum absolute atomic E-state index is 13.9. The highest BCUT2D eigenvalue weighted by molar-refractivity contribution is 5.94. The first-order chi connectivity index (χ1) is 15.4. The first-order valence-corrected chi connectivity index (χ1v) is 10.2. The number of allylic oxidation sites excluding steroid dienone is 1. The number of hydrogen-bond donors (Lipinski definition) is 1. The van der Waals surface area contributed by atoms with Crippen molar-refractivity contribution in [3.8, 4) is 11.5 Å². The summed E-state index contributed by atoms with van der Waals surface area (Å²) in [7, 11) is 3.03. The Morgan fingerprint density at radius 2 is 1.81 bits per heavy atom. The lowest BCUT2D eigenvalue weighted by Gasteiger charge is -2.23. The van der Waals surface area contributed by atoms with E-state index in [1.165, 1.54) is 14.2 Å². The lowest BCUT2D eigenvalue weighted by atomic mass is 9.85. The molecule has 0 aromatic heterocycles. The topological polar surface area (TPSA) is 73.9 Å². The molecule has 1 N–H and O–H groups in total. The summed E-state index contributed by atoms with van der Waals surface area (Å²) in [6.07, 6.45) is 3.96. The predicted octanol–water partition coefficient (Wildman–Crippen LogP) is 4.00. The Hall–Kier alpha value is -3.42. The number of amides is 1. The van der Waals surface area contributed by atoms with Gasteiger partial charge in [0, 0.05) is 6.04 Å². The number of hydrogen-bond acceptors (Lipinski definition) is 5. The minimum atomic E-state index is -0.808. The Bertz CT molecular complexity index is 1020. The van der Waals surface area contributed by atoms with Gasteiger partial charge in [-0.15, -0.1) is 0 Å². The van der Waals surface area contributed by atoms with Crippen molar-refractivity contribution in [3.63, 3.8) is 0 Å². The van der Waals surface area contributed by atoms with Gasteiger partial charge in [0.15, 0.2) is 11.5 Å². The smallest absolute Gasteiger partial charge is 0.314 e. The Morgan fingerprint density at radius 1 is 1.06 bits per heavy atom. The van der Waals surface area contributed by atoms with Gasteiger partial charge in [0.1, 0.15) is 11.6 Å². The third-order valence-electron chi connectivity index (χ3n) is 5.34. The fourth-order valence-electron chi connectivity index (χ4n) is 3.84. The number of rotatable bonds is 8. The summed E-state index contributed by atoms with van der Waals surface area (Å²) in [5, 5.41) is 2.68. The van der Waals surface area contributed by atoms with Gasteiger partial charge in [0.25, 0.3) is 5.91 Å². The number of carbonyl (C=O) groups excluding carboxylic acids is 2. The van der Waals surface area contributed by atoms with Gasteiger partial charge in [-0.1, -0.05) is 18.2 Å². The molecule has 0 fully saturated rings. The average molecular weight is 445 g/mol. The van der Waals surface area contributed by atoms with E-state index in [0.717, 1.165) is 18.2 Å². The van der Waals surface area contributed by atoms with E-state index >= 15 is 0 Å². The molecule has 0 aliphatic heterocycles. The normalized spacial score (nSPS) is 18.2. The maximum Gasteiger partial charge on any atom is 0.314 e. The molecular formula is C24H25F2NO5. The summed E-state index contributed by atoms with van der Waals surface area (Å²) in [4.78, 5) is 25.2. The van der Waals surface area contributed by atoms with Crippen LogP contribution in [-0.4, -0.2) is 38.7 Å². The quantitative estimate of drug-likeness (QED) is 0.491. The largest absolute Gasteiger partial charge is 0.493 e. The highest BCUT2D eigenvalue weighted by Gasteiger charge is 2.35. The Balaban J connectivity index is 1.79. The van der Waals surface area contributed by atoms with Gasteiger partial charge in [-0.05, 0) is 55.2 Å². The van der Waals surface area contributed by atoms with Crippen LogP contribution in [0.25, 0.3) is 0 Å². The Labute approximate surface area is 185 Å². The van der Waals surface area contributed by atoms with E-state index in [4.69, 9.17) is 14.2 Å². The van der Waals surface area contributed by atoms with E-state index < -0.39 is 35.5 Å². The van der Waals surface area contributed by atoms with Gasteiger partial charge in [-0.25, -0.2) is 8.78 Å². The zero-order valence-electron chi connectivity index (χ0n) is 18.1. The molecule has 3 atom stereocenters. The SMILES string of the molecule is CCOC(=O)C(c1ccc(OC)c(OC)c1)C1C=CC(NC(=O)c2cc(F)ccc2F)C1. The second kappa shape index (κ2) is 10.3. The van der Waals surface area contributed by atoms with Crippen LogP contribution in [0.4, 0.5) is 8.78 Å². The standard InChI is InChI=1S/C24H25F2NO5/c1-4-32-24(29)22(15-6-10-20(30-2)21(12-15)31-3)14-5-8-17(11-14)27-23(28)18-13-16(25)7-9-19(18)26/h5-10,12-14,17,22H,4,11H2,1-3H3,(H,27,28). The molecule has 0 radical (unpaired) electrons. The monoisotopic (exact) mass is 445 g/mol. The minimum absolute atomic E-state index is 0.220. The van der Waals surface area contributed by atoms with Crippen molar-refractivity contribution >= 4 is 11.9 Å². The second-order valence-corrected chi connectivity index (χ2v) is 7.33. The number of benzene rings is 2. The van der Waals surface area contributed by atoms with Crippen molar-refractivity contribution in [1.82, 2.24) is 5.32 Å². The molecule has 1 aliphatic carbocycles. The first-order valence-electron chi connectivity index (χ1n) is 10.2. The van der Waals surface area contributed by atoms with Crippen molar-refractivity contribution in [3.05, 3.63) is 71.3 Å². The number of esters is 1. The summed E-state index contributed by atoms with van der Waals surface area (Å²) >= 11 is 0. The molecular weight excluding hydrogens is 420 g/mol. The molecule has 0 heterocycles. The number of ether oxygens (including phenoxy) is 3. The minimum Gasteiger partial charge on any atom is -0.493 e. The molecule has 3 unspecified atom stereocenters. The molecule has 3 rings (SSSR count). The molecule has 170 valence electrons. The van der Waals surface area contributed by atoms with Crippen molar-refractivity contribution in [2.24, 2.45) is 5.92 Å². The molecule has 0 saturated carbocycles. The molecule has 0 saturated heterocycles. The lowest BCUT2D eigenvalue weighted by molar-refractivity contribution is -0.146. The third-order valence-corrected chi connectivity index (χ3v) is 5.34. The van der Waals surface area contributed by atoms with Crippen LogP contribution >= 0.6 is 0 Å². The summed E-state index contributed by atoms with van der Waals surface area (Å²) < 4.78 is 43.3. The predicted molar refractivity (Wildman–Crippen MR) is 114 cm³/mol. The van der Waals surface area contributed by atoms with Gasteiger partial charge in [-0.2, -0.15) is 0 Å². The number of carbonyl (C=O) groups is 2. The molecule has 0 spiro atoms. The zero-order chi connectivity index (χ0) is 23.3. The Kier molecular flexibility index (Phi) is 7.45. The van der Waals surface area contributed by atoms with Crippen molar-refractivity contribution in [1.29, 1.82) is 0 Å². The van der Waals surface area contributed by atoms with Gasteiger partial charge in [0.05, 0.1) is 32.3 Å². The highest BCUT2D eigenvalue weighted by Crippen LogP contribution is 2.38. The van der Waals surface area contributed by atoms with Crippen LogP contribution in [0.1, 0.15) is 35.2 Å². The van der Waals surface area contributed by atoms with Crippen LogP contribution in [0.5, 0.6) is 11.5 Å². The van der Waals surface area contributed by atoms with E-state index in [-0.39, 0.29) is 18.1 Å². The van der Waals surface area contributed by atoms with Gasteiger partial charge in [-0.3, -0.25) is 9.59 Å². The lowest BCUT2D eigenvalue weighted by Crippen LogP contribution is -2.34. The number of methoxy groups -OCH3 is 2. The van der Waals surface area contributed by atoms with Gasteiger partial charge in [0.2, 0.25) is 0 Å². The third kappa shape index (κ3) is 5.07. The van der Waals surface area contributed by atoms with Crippen molar-refractivity contribution in [2.75, 3.05) is 20.8 Å². The van der Waals surface area contributed by atoms with Gasteiger partial charge < -0.3 is 19.5 Å². The molecule has 8 heteroatoms. The molecule has 2 aromatic rings.